The summed E-state index contributed by atoms with van der Waals surface area (Å²) in [4.78, 5) is 15.9. The van der Waals surface area contributed by atoms with E-state index in [-0.39, 0.29) is 11.0 Å². The first-order valence-corrected chi connectivity index (χ1v) is 6.48. The highest BCUT2D eigenvalue weighted by Crippen LogP contribution is 2.25. The van der Waals surface area contributed by atoms with Crippen molar-refractivity contribution in [1.82, 2.24) is 4.98 Å². The second-order valence-corrected chi connectivity index (χ2v) is 5.21. The normalized spacial score (nSPS) is 12.3. The Morgan fingerprint density at radius 1 is 1.24 bits per heavy atom. The molecule has 0 bridgehead atoms. The molecule has 0 spiro atoms. The Bertz CT molecular complexity index is 464. The first-order valence-electron chi connectivity index (χ1n) is 5.60. The van der Waals surface area contributed by atoms with Crippen molar-refractivity contribution in [2.24, 2.45) is 0 Å². The van der Waals surface area contributed by atoms with Gasteiger partial charge in [0.2, 0.25) is 0 Å². The van der Waals surface area contributed by atoms with Gasteiger partial charge in [-0.05, 0) is 31.2 Å². The maximum Gasteiger partial charge on any atom is 0.143 e. The van der Waals surface area contributed by atoms with Crippen LogP contribution < -0.4 is 0 Å². The van der Waals surface area contributed by atoms with Crippen molar-refractivity contribution >= 4 is 17.5 Å². The molecular weight excluding hydrogens is 230 g/mol. The minimum Gasteiger partial charge on any atom is -0.365 e. The largest absolute Gasteiger partial charge is 0.365 e. The molecule has 1 aromatic carbocycles. The molecule has 1 unspecified atom stereocenters. The lowest BCUT2D eigenvalue weighted by Crippen LogP contribution is -2.16. The van der Waals surface area contributed by atoms with Gasteiger partial charge in [-0.1, -0.05) is 18.2 Å². The highest BCUT2D eigenvalue weighted by Gasteiger charge is 2.16. The number of nitrogens with one attached hydrogen (secondary N) is 1. The van der Waals surface area contributed by atoms with Crippen LogP contribution in [0.4, 0.5) is 0 Å². The lowest BCUT2D eigenvalue weighted by Gasteiger charge is -2.12. The third kappa shape index (κ3) is 3.49. The van der Waals surface area contributed by atoms with Gasteiger partial charge in [0.15, 0.2) is 0 Å². The molecule has 2 aromatic rings. The molecule has 0 radical (unpaired) electrons. The fraction of sp³-hybridized carbons (Fsp3) is 0.214. The molecule has 88 valence electrons. The van der Waals surface area contributed by atoms with E-state index < -0.39 is 0 Å². The molecule has 0 aliphatic carbocycles. The SMILES string of the molecule is CC(=O)C(Cc1ccc[nH]1)Sc1ccccc1. The maximum absolute atomic E-state index is 11.6. The zero-order valence-electron chi connectivity index (χ0n) is 9.72. The summed E-state index contributed by atoms with van der Waals surface area (Å²) in [5.41, 5.74) is 1.11. The monoisotopic (exact) mass is 245 g/mol. The van der Waals surface area contributed by atoms with E-state index in [0.717, 1.165) is 17.0 Å². The smallest absolute Gasteiger partial charge is 0.143 e. The van der Waals surface area contributed by atoms with Crippen LogP contribution >= 0.6 is 11.8 Å². The molecule has 0 amide bonds. The molecule has 0 fully saturated rings. The zero-order valence-corrected chi connectivity index (χ0v) is 10.5. The Balaban J connectivity index is 2.06. The second-order valence-electron chi connectivity index (χ2n) is 3.93. The van der Waals surface area contributed by atoms with Gasteiger partial charge in [0.1, 0.15) is 5.78 Å². The molecule has 1 N–H and O–H groups in total. The first-order chi connectivity index (χ1) is 8.25. The Morgan fingerprint density at radius 3 is 2.59 bits per heavy atom. The second kappa shape index (κ2) is 5.73. The van der Waals surface area contributed by atoms with E-state index in [1.54, 1.807) is 18.7 Å². The Morgan fingerprint density at radius 2 is 2.00 bits per heavy atom. The van der Waals surface area contributed by atoms with Crippen LogP contribution in [0.3, 0.4) is 0 Å². The number of H-pyrrole nitrogens is 1. The van der Waals surface area contributed by atoms with Crippen molar-refractivity contribution in [1.29, 1.82) is 0 Å². The number of hydrogen-bond donors (Lipinski definition) is 1. The lowest BCUT2D eigenvalue weighted by atomic mass is 10.2. The number of carbonyl (C=O) groups excluding carboxylic acids is 1. The quantitative estimate of drug-likeness (QED) is 0.820. The summed E-state index contributed by atoms with van der Waals surface area (Å²) in [5.74, 6) is 0.216. The standard InChI is InChI=1S/C14H15NOS/c1-11(16)14(10-12-6-5-9-15-12)17-13-7-3-2-4-8-13/h2-9,14-15H,10H2,1H3. The number of Topliss-reactive ketones (excluding diaryl/α,β-unsaturated/α-hetero) is 1. The fourth-order valence-corrected chi connectivity index (χ4v) is 2.70. The van der Waals surface area contributed by atoms with Crippen LogP contribution in [-0.2, 0) is 11.2 Å². The van der Waals surface area contributed by atoms with Gasteiger partial charge in [-0.25, -0.2) is 0 Å². The minimum absolute atomic E-state index is 0.0175. The highest BCUT2D eigenvalue weighted by molar-refractivity contribution is 8.00. The molecule has 3 heteroatoms. The molecule has 2 nitrogen and oxygen atoms in total. The summed E-state index contributed by atoms with van der Waals surface area (Å²) >= 11 is 1.63. The Kier molecular flexibility index (Phi) is 4.04. The summed E-state index contributed by atoms with van der Waals surface area (Å²) < 4.78 is 0. The van der Waals surface area contributed by atoms with Crippen molar-refractivity contribution in [3.8, 4) is 0 Å². The van der Waals surface area contributed by atoms with Crippen LogP contribution in [0.1, 0.15) is 12.6 Å². The average Bonchev–Trinajstić information content (AvgIpc) is 2.82. The van der Waals surface area contributed by atoms with Crippen LogP contribution in [-0.4, -0.2) is 16.0 Å². The number of ketones is 1. The highest BCUT2D eigenvalue weighted by atomic mass is 32.2. The van der Waals surface area contributed by atoms with Gasteiger partial charge in [-0.15, -0.1) is 11.8 Å². The Hall–Kier alpha value is -1.48. The fourth-order valence-electron chi connectivity index (χ4n) is 1.63. The number of benzene rings is 1. The van der Waals surface area contributed by atoms with Gasteiger partial charge < -0.3 is 4.98 Å². The third-order valence-corrected chi connectivity index (χ3v) is 3.87. The number of aromatic nitrogens is 1. The zero-order chi connectivity index (χ0) is 12.1. The summed E-state index contributed by atoms with van der Waals surface area (Å²) in [6.07, 6.45) is 2.64. The maximum atomic E-state index is 11.6. The molecule has 1 atom stereocenters. The topological polar surface area (TPSA) is 32.9 Å². The van der Waals surface area contributed by atoms with E-state index in [1.165, 1.54) is 0 Å². The van der Waals surface area contributed by atoms with Crippen molar-refractivity contribution in [3.05, 3.63) is 54.4 Å². The molecule has 2 rings (SSSR count). The van der Waals surface area contributed by atoms with E-state index in [1.807, 2.05) is 48.7 Å². The summed E-state index contributed by atoms with van der Waals surface area (Å²) in [6.45, 7) is 1.66. The molecule has 0 aliphatic rings. The predicted octanol–water partition coefficient (Wildman–Crippen LogP) is 3.31. The van der Waals surface area contributed by atoms with Gasteiger partial charge in [-0.2, -0.15) is 0 Å². The minimum atomic E-state index is -0.0175. The van der Waals surface area contributed by atoms with Crippen LogP contribution in [0.2, 0.25) is 0 Å². The van der Waals surface area contributed by atoms with E-state index >= 15 is 0 Å². The molecule has 1 heterocycles. The molecule has 0 saturated carbocycles. The lowest BCUT2D eigenvalue weighted by molar-refractivity contribution is -0.116. The Labute approximate surface area is 105 Å². The number of thioether (sulfide) groups is 1. The van der Waals surface area contributed by atoms with Gasteiger partial charge in [-0.3, -0.25) is 4.79 Å². The van der Waals surface area contributed by atoms with Gasteiger partial charge in [0.25, 0.3) is 0 Å². The van der Waals surface area contributed by atoms with Gasteiger partial charge in [0.05, 0.1) is 5.25 Å². The molecule has 1 aromatic heterocycles. The van der Waals surface area contributed by atoms with Crippen LogP contribution in [0, 0.1) is 0 Å². The first kappa shape index (κ1) is 12.0. The molecule has 0 saturated heterocycles. The number of aromatic amines is 1. The summed E-state index contributed by atoms with van der Waals surface area (Å²) in [7, 11) is 0. The van der Waals surface area contributed by atoms with Crippen molar-refractivity contribution in [2.45, 2.75) is 23.5 Å². The van der Waals surface area contributed by atoms with E-state index in [9.17, 15) is 4.79 Å². The number of carbonyl (C=O) groups is 1. The van der Waals surface area contributed by atoms with Crippen LogP contribution in [0.5, 0.6) is 0 Å². The summed E-state index contributed by atoms with van der Waals surface area (Å²) in [5, 5.41) is -0.0175. The molecular formula is C14H15NOS. The number of hydrogen-bond acceptors (Lipinski definition) is 2. The molecule has 0 aliphatic heterocycles. The van der Waals surface area contributed by atoms with Crippen LogP contribution in [0.15, 0.2) is 53.6 Å². The molecule has 17 heavy (non-hydrogen) atoms. The summed E-state index contributed by atoms with van der Waals surface area (Å²) in [6, 6.07) is 14.0. The van der Waals surface area contributed by atoms with Gasteiger partial charge in [0, 0.05) is 23.2 Å². The van der Waals surface area contributed by atoms with Gasteiger partial charge >= 0.3 is 0 Å². The predicted molar refractivity (Wildman–Crippen MR) is 71.3 cm³/mol. The van der Waals surface area contributed by atoms with E-state index in [0.29, 0.717) is 0 Å². The van der Waals surface area contributed by atoms with Crippen molar-refractivity contribution in [2.75, 3.05) is 0 Å². The van der Waals surface area contributed by atoms with Crippen molar-refractivity contribution in [3.63, 3.8) is 0 Å². The van der Waals surface area contributed by atoms with Crippen molar-refractivity contribution < 1.29 is 4.79 Å². The van der Waals surface area contributed by atoms with E-state index in [4.69, 9.17) is 0 Å². The number of rotatable bonds is 5. The van der Waals surface area contributed by atoms with Crippen LogP contribution in [0.25, 0.3) is 0 Å². The third-order valence-electron chi connectivity index (χ3n) is 2.54. The average molecular weight is 245 g/mol. The van der Waals surface area contributed by atoms with E-state index in [2.05, 4.69) is 4.98 Å².